The summed E-state index contributed by atoms with van der Waals surface area (Å²) < 4.78 is 20.3. The molecule has 1 aromatic carbocycles. The van der Waals surface area contributed by atoms with Crippen molar-refractivity contribution < 1.29 is 18.8 Å². The van der Waals surface area contributed by atoms with Gasteiger partial charge in [-0.2, -0.15) is 4.98 Å². The molecule has 6 rings (SSSR count). The monoisotopic (exact) mass is 570 g/mol. The van der Waals surface area contributed by atoms with Gasteiger partial charge in [0.05, 0.1) is 23.5 Å². The number of H-pyrrole nitrogens is 1. The summed E-state index contributed by atoms with van der Waals surface area (Å²) in [6, 6.07) is 10.5. The molecule has 3 N–H and O–H groups in total. The van der Waals surface area contributed by atoms with E-state index in [4.69, 9.17) is 4.52 Å². The predicted octanol–water partition coefficient (Wildman–Crippen LogP) is 4.40. The molecular weight excluding hydrogens is 539 g/mol. The van der Waals surface area contributed by atoms with E-state index in [1.165, 1.54) is 6.07 Å². The Balaban J connectivity index is 1.18. The topological polar surface area (TPSA) is 146 Å². The van der Waals surface area contributed by atoms with E-state index in [1.807, 2.05) is 39.1 Å². The summed E-state index contributed by atoms with van der Waals surface area (Å²) in [5, 5.41) is 16.1. The van der Waals surface area contributed by atoms with Gasteiger partial charge in [-0.1, -0.05) is 38.1 Å². The number of carbonyl (C=O) groups excluding carboxylic acids is 1. The number of nitrogens with zero attached hydrogens (tertiary/aromatic N) is 6. The SMILES string of the molecule is CC(C)(C)c1nc(C(=O)NCc2ccc(-c3ccnc4nc(-c5ccc(N6CCC(O)CC6)cn5)[nH]c34)cc2F)no1. The van der Waals surface area contributed by atoms with Crippen molar-refractivity contribution in [3.8, 4) is 22.6 Å². The van der Waals surface area contributed by atoms with Gasteiger partial charge in [-0.25, -0.2) is 14.4 Å². The van der Waals surface area contributed by atoms with Crippen LogP contribution in [0.5, 0.6) is 0 Å². The van der Waals surface area contributed by atoms with Crippen LogP contribution in [0.25, 0.3) is 33.8 Å². The Morgan fingerprint density at radius 1 is 1.14 bits per heavy atom. The van der Waals surface area contributed by atoms with Gasteiger partial charge in [-0.3, -0.25) is 9.78 Å². The van der Waals surface area contributed by atoms with Crippen molar-refractivity contribution in [3.63, 3.8) is 0 Å². The molecular formula is C30H31FN8O3. The number of nitrogens with one attached hydrogen (secondary N) is 2. The van der Waals surface area contributed by atoms with E-state index in [0.29, 0.717) is 39.7 Å². The predicted molar refractivity (Wildman–Crippen MR) is 154 cm³/mol. The molecule has 216 valence electrons. The molecule has 1 amide bonds. The number of aromatic amines is 1. The first-order valence-corrected chi connectivity index (χ1v) is 13.8. The number of benzene rings is 1. The number of aromatic nitrogens is 6. The zero-order valence-corrected chi connectivity index (χ0v) is 23.6. The number of aliphatic hydroxyl groups excluding tert-OH is 1. The van der Waals surface area contributed by atoms with E-state index in [9.17, 15) is 9.90 Å². The molecule has 42 heavy (non-hydrogen) atoms. The molecule has 4 aromatic heterocycles. The molecule has 1 fully saturated rings. The number of imidazole rings is 1. The van der Waals surface area contributed by atoms with Crippen molar-refractivity contribution in [2.45, 2.75) is 51.7 Å². The van der Waals surface area contributed by atoms with Gasteiger partial charge < -0.3 is 24.8 Å². The van der Waals surface area contributed by atoms with Crippen LogP contribution in [0, 0.1) is 5.82 Å². The molecule has 5 heterocycles. The van der Waals surface area contributed by atoms with Crippen molar-refractivity contribution in [2.24, 2.45) is 0 Å². The lowest BCUT2D eigenvalue weighted by atomic mass is 9.97. The second kappa shape index (κ2) is 10.9. The van der Waals surface area contributed by atoms with Crippen molar-refractivity contribution in [1.82, 2.24) is 35.4 Å². The first kappa shape index (κ1) is 27.5. The van der Waals surface area contributed by atoms with Gasteiger partial charge in [-0.05, 0) is 42.7 Å². The van der Waals surface area contributed by atoms with Crippen LogP contribution in [0.2, 0.25) is 0 Å². The van der Waals surface area contributed by atoms with Crippen LogP contribution in [0.4, 0.5) is 10.1 Å². The number of piperidine rings is 1. The second-order valence-corrected chi connectivity index (χ2v) is 11.4. The molecule has 11 nitrogen and oxygen atoms in total. The molecule has 1 aliphatic heterocycles. The average Bonchev–Trinajstić information content (AvgIpc) is 3.65. The molecule has 1 aliphatic rings. The highest BCUT2D eigenvalue weighted by molar-refractivity contribution is 5.91. The Morgan fingerprint density at radius 3 is 2.64 bits per heavy atom. The fourth-order valence-electron chi connectivity index (χ4n) is 4.84. The number of anilines is 1. The Kier molecular flexibility index (Phi) is 7.15. The quantitative estimate of drug-likeness (QED) is 0.270. The van der Waals surface area contributed by atoms with Gasteiger partial charge in [-0.15, -0.1) is 0 Å². The summed E-state index contributed by atoms with van der Waals surface area (Å²) in [7, 11) is 0. The summed E-state index contributed by atoms with van der Waals surface area (Å²) in [4.78, 5) is 35.7. The standard InChI is InChI=1S/C30H31FN8O3/c1-30(2,3)29-37-27(38-42-29)28(41)34-15-18-5-4-17(14-22(18)31)21-8-11-32-26-24(21)35-25(36-26)23-7-6-19(16-33-23)39-12-9-20(40)10-13-39/h4-8,11,14,16,20,40H,9-10,12-13,15H2,1-3H3,(H,34,41)(H,32,35,36). The number of aliphatic hydroxyl groups is 1. The molecule has 5 aromatic rings. The van der Waals surface area contributed by atoms with Crippen molar-refractivity contribution in [3.05, 3.63) is 71.9 Å². The Hall–Kier alpha value is -4.71. The Morgan fingerprint density at radius 2 is 1.95 bits per heavy atom. The van der Waals surface area contributed by atoms with E-state index in [1.54, 1.807) is 24.4 Å². The zero-order valence-electron chi connectivity index (χ0n) is 23.6. The van der Waals surface area contributed by atoms with Crippen molar-refractivity contribution in [1.29, 1.82) is 0 Å². The van der Waals surface area contributed by atoms with Gasteiger partial charge in [0.1, 0.15) is 11.5 Å². The average molecular weight is 571 g/mol. The number of hydrogen-bond donors (Lipinski definition) is 3. The van der Waals surface area contributed by atoms with Crippen LogP contribution in [0.1, 0.15) is 55.7 Å². The number of amides is 1. The number of fused-ring (bicyclic) bond motifs is 1. The van der Waals surface area contributed by atoms with Gasteiger partial charge in [0.2, 0.25) is 5.89 Å². The Labute approximate surface area is 241 Å². The third-order valence-corrected chi connectivity index (χ3v) is 7.29. The van der Waals surface area contributed by atoms with Crippen LogP contribution in [0.15, 0.2) is 53.3 Å². The summed E-state index contributed by atoms with van der Waals surface area (Å²) in [6.45, 7) is 7.25. The minimum Gasteiger partial charge on any atom is -0.393 e. The lowest BCUT2D eigenvalue weighted by Crippen LogP contribution is -2.35. The third-order valence-electron chi connectivity index (χ3n) is 7.29. The summed E-state index contributed by atoms with van der Waals surface area (Å²) >= 11 is 0. The first-order valence-electron chi connectivity index (χ1n) is 13.8. The lowest BCUT2D eigenvalue weighted by Gasteiger charge is -2.31. The maximum atomic E-state index is 15.2. The third kappa shape index (κ3) is 5.57. The van der Waals surface area contributed by atoms with E-state index in [-0.39, 0.29) is 23.9 Å². The molecule has 0 unspecified atom stereocenters. The Bertz CT molecular complexity index is 1730. The summed E-state index contributed by atoms with van der Waals surface area (Å²) in [5.41, 5.74) is 4.11. The van der Waals surface area contributed by atoms with E-state index < -0.39 is 11.7 Å². The van der Waals surface area contributed by atoms with Crippen LogP contribution >= 0.6 is 0 Å². The molecule has 0 bridgehead atoms. The molecule has 0 atom stereocenters. The van der Waals surface area contributed by atoms with Gasteiger partial charge in [0, 0.05) is 42.4 Å². The molecule has 0 aliphatic carbocycles. The van der Waals surface area contributed by atoms with Gasteiger partial charge in [0.15, 0.2) is 11.5 Å². The molecule has 1 saturated heterocycles. The first-order chi connectivity index (χ1) is 20.2. The maximum absolute atomic E-state index is 15.2. The summed E-state index contributed by atoms with van der Waals surface area (Å²) in [5.74, 6) is -0.206. The minimum absolute atomic E-state index is 0.0377. The smallest absolute Gasteiger partial charge is 0.292 e. The van der Waals surface area contributed by atoms with Crippen molar-refractivity contribution >= 4 is 22.8 Å². The lowest BCUT2D eigenvalue weighted by molar-refractivity contribution is 0.0937. The number of rotatable bonds is 6. The van der Waals surface area contributed by atoms with Gasteiger partial charge >= 0.3 is 0 Å². The highest BCUT2D eigenvalue weighted by atomic mass is 19.1. The van der Waals surface area contributed by atoms with E-state index >= 15 is 4.39 Å². The summed E-state index contributed by atoms with van der Waals surface area (Å²) in [6.07, 6.45) is 4.69. The van der Waals surface area contributed by atoms with Crippen LogP contribution < -0.4 is 10.2 Å². The highest BCUT2D eigenvalue weighted by Crippen LogP contribution is 2.30. The molecule has 0 saturated carbocycles. The number of halogens is 1. The van der Waals surface area contributed by atoms with Gasteiger partial charge in [0.25, 0.3) is 11.7 Å². The van der Waals surface area contributed by atoms with Crippen LogP contribution in [-0.2, 0) is 12.0 Å². The maximum Gasteiger partial charge on any atom is 0.292 e. The molecule has 0 radical (unpaired) electrons. The van der Waals surface area contributed by atoms with E-state index in [2.05, 4.69) is 40.3 Å². The number of hydrogen-bond acceptors (Lipinski definition) is 9. The fourth-order valence-corrected chi connectivity index (χ4v) is 4.84. The van der Waals surface area contributed by atoms with E-state index in [0.717, 1.165) is 37.2 Å². The zero-order chi connectivity index (χ0) is 29.4. The fraction of sp³-hybridized carbons (Fsp3) is 0.333. The number of carbonyl (C=O) groups is 1. The minimum atomic E-state index is -0.546. The molecule has 0 spiro atoms. The van der Waals surface area contributed by atoms with Crippen LogP contribution in [0.3, 0.4) is 0 Å². The largest absolute Gasteiger partial charge is 0.393 e. The number of pyridine rings is 2. The van der Waals surface area contributed by atoms with Crippen LogP contribution in [-0.4, -0.2) is 60.3 Å². The normalized spacial score (nSPS) is 14.5. The molecule has 12 heteroatoms. The second-order valence-electron chi connectivity index (χ2n) is 11.4. The highest BCUT2D eigenvalue weighted by Gasteiger charge is 2.24. The van der Waals surface area contributed by atoms with Crippen molar-refractivity contribution in [2.75, 3.05) is 18.0 Å².